The third-order valence-electron chi connectivity index (χ3n) is 4.30. The zero-order valence-electron chi connectivity index (χ0n) is 14.5. The highest BCUT2D eigenvalue weighted by atomic mass is 16.6. The summed E-state index contributed by atoms with van der Waals surface area (Å²) in [4.78, 5) is 12.7. The summed E-state index contributed by atoms with van der Waals surface area (Å²) in [5.74, 6) is 0.495. The van der Waals surface area contributed by atoms with E-state index in [-0.39, 0.29) is 12.6 Å². The molecule has 0 amide bonds. The fourth-order valence-electron chi connectivity index (χ4n) is 2.99. The molecule has 2 aromatic rings. The minimum absolute atomic E-state index is 0.0227. The van der Waals surface area contributed by atoms with E-state index in [1.165, 1.54) is 17.2 Å². The minimum Gasteiger partial charge on any atom is -0.394 e. The van der Waals surface area contributed by atoms with Crippen LogP contribution in [-0.4, -0.2) is 77.5 Å². The first-order valence-corrected chi connectivity index (χ1v) is 8.31. The van der Waals surface area contributed by atoms with E-state index in [1.807, 2.05) is 19.9 Å². The molecule has 0 unspecified atom stereocenters. The second-order valence-corrected chi connectivity index (χ2v) is 6.38. The van der Waals surface area contributed by atoms with Gasteiger partial charge in [-0.3, -0.25) is 4.57 Å². The average molecular weight is 365 g/mol. The standard InChI is InChI=1S/C16H23N5O5/c1-8(4-22)3-9(2)20-14-11-15(18-6-17-14)21(7-19-11)16-13(25)12(24)10(5-23)26-16/h3,6-7,9-10,12-13,16,22-25H,4-5H2,1-2H3,(H,17,18,20)/b8-3-/t9-,10-,12-,13-,16-/m1/s1. The Morgan fingerprint density at radius 3 is 2.73 bits per heavy atom. The Bertz CT molecular complexity index is 794. The molecular weight excluding hydrogens is 342 g/mol. The van der Waals surface area contributed by atoms with Gasteiger partial charge in [0.05, 0.1) is 19.5 Å². The largest absolute Gasteiger partial charge is 0.394 e. The number of hydrogen-bond acceptors (Lipinski definition) is 9. The van der Waals surface area contributed by atoms with Gasteiger partial charge in [-0.25, -0.2) is 15.0 Å². The highest BCUT2D eigenvalue weighted by Gasteiger charge is 2.44. The van der Waals surface area contributed by atoms with Gasteiger partial charge in [0.1, 0.15) is 24.6 Å². The number of hydrogen-bond donors (Lipinski definition) is 5. The van der Waals surface area contributed by atoms with Gasteiger partial charge in [0.15, 0.2) is 23.2 Å². The lowest BCUT2D eigenvalue weighted by atomic mass is 10.1. The van der Waals surface area contributed by atoms with Crippen LogP contribution in [-0.2, 0) is 4.74 Å². The van der Waals surface area contributed by atoms with Crippen molar-refractivity contribution in [3.8, 4) is 0 Å². The van der Waals surface area contributed by atoms with Crippen molar-refractivity contribution in [1.82, 2.24) is 19.5 Å². The first kappa shape index (κ1) is 18.7. The molecule has 142 valence electrons. The Morgan fingerprint density at radius 2 is 2.08 bits per heavy atom. The summed E-state index contributed by atoms with van der Waals surface area (Å²) in [5.41, 5.74) is 1.73. The summed E-state index contributed by atoms with van der Waals surface area (Å²) in [5, 5.41) is 41.7. The van der Waals surface area contributed by atoms with Crippen LogP contribution >= 0.6 is 0 Å². The van der Waals surface area contributed by atoms with E-state index in [1.54, 1.807) is 0 Å². The molecule has 1 saturated heterocycles. The number of imidazole rings is 1. The summed E-state index contributed by atoms with van der Waals surface area (Å²) in [6.45, 7) is 3.31. The van der Waals surface area contributed by atoms with Crippen LogP contribution in [0.1, 0.15) is 20.1 Å². The Labute approximate surface area is 149 Å². The molecule has 10 nitrogen and oxygen atoms in total. The topological polar surface area (TPSA) is 146 Å². The molecule has 0 saturated carbocycles. The molecular formula is C16H23N5O5. The van der Waals surface area contributed by atoms with Crippen LogP contribution in [0.4, 0.5) is 5.82 Å². The second kappa shape index (κ2) is 7.64. The molecule has 3 rings (SSSR count). The minimum atomic E-state index is -1.22. The maximum Gasteiger partial charge on any atom is 0.167 e. The quantitative estimate of drug-likeness (QED) is 0.414. The lowest BCUT2D eigenvalue weighted by molar-refractivity contribution is -0.0511. The van der Waals surface area contributed by atoms with Crippen LogP contribution in [0, 0.1) is 0 Å². The molecule has 1 fully saturated rings. The van der Waals surface area contributed by atoms with Gasteiger partial charge in [0.2, 0.25) is 0 Å². The molecule has 3 heterocycles. The molecule has 1 aliphatic heterocycles. The van der Waals surface area contributed by atoms with Crippen molar-refractivity contribution in [3.05, 3.63) is 24.3 Å². The SMILES string of the molecule is C/C(=C/[C@@H](C)Nc1ncnc2c1ncn2[C@@H]1O[C@H](CO)[C@@H](O)[C@H]1O)CO. The van der Waals surface area contributed by atoms with Crippen LogP contribution in [0.25, 0.3) is 11.2 Å². The van der Waals surface area contributed by atoms with Crippen molar-refractivity contribution in [2.45, 2.75) is 44.4 Å². The Kier molecular flexibility index (Phi) is 5.49. The van der Waals surface area contributed by atoms with Gasteiger partial charge in [0.25, 0.3) is 0 Å². The number of ether oxygens (including phenoxy) is 1. The van der Waals surface area contributed by atoms with E-state index in [0.29, 0.717) is 17.0 Å². The lowest BCUT2D eigenvalue weighted by Crippen LogP contribution is -2.33. The van der Waals surface area contributed by atoms with Crippen molar-refractivity contribution < 1.29 is 25.2 Å². The molecule has 0 radical (unpaired) electrons. The summed E-state index contributed by atoms with van der Waals surface area (Å²) < 4.78 is 7.04. The van der Waals surface area contributed by atoms with Crippen molar-refractivity contribution in [3.63, 3.8) is 0 Å². The first-order chi connectivity index (χ1) is 12.5. The van der Waals surface area contributed by atoms with Crippen LogP contribution < -0.4 is 5.32 Å². The van der Waals surface area contributed by atoms with Crippen LogP contribution in [0.3, 0.4) is 0 Å². The van der Waals surface area contributed by atoms with E-state index in [9.17, 15) is 15.3 Å². The monoisotopic (exact) mass is 365 g/mol. The fraction of sp³-hybridized carbons (Fsp3) is 0.562. The maximum atomic E-state index is 10.2. The smallest absolute Gasteiger partial charge is 0.167 e. The number of aliphatic hydroxyl groups excluding tert-OH is 4. The number of nitrogens with zero attached hydrogens (tertiary/aromatic N) is 4. The Morgan fingerprint density at radius 1 is 1.31 bits per heavy atom. The van der Waals surface area contributed by atoms with E-state index in [0.717, 1.165) is 5.57 Å². The Hall–Kier alpha value is -2.11. The number of anilines is 1. The second-order valence-electron chi connectivity index (χ2n) is 6.38. The van der Waals surface area contributed by atoms with Crippen LogP contribution in [0.2, 0.25) is 0 Å². The van der Waals surface area contributed by atoms with E-state index >= 15 is 0 Å². The van der Waals surface area contributed by atoms with Gasteiger partial charge in [-0.15, -0.1) is 0 Å². The summed E-state index contributed by atoms with van der Waals surface area (Å²) in [6.07, 6.45) is 0.474. The van der Waals surface area contributed by atoms with Crippen molar-refractivity contribution in [1.29, 1.82) is 0 Å². The fourth-order valence-corrected chi connectivity index (χ4v) is 2.99. The normalized spacial score (nSPS) is 27.8. The molecule has 5 N–H and O–H groups in total. The molecule has 0 bridgehead atoms. The first-order valence-electron chi connectivity index (χ1n) is 8.31. The Balaban J connectivity index is 1.90. The molecule has 26 heavy (non-hydrogen) atoms. The third-order valence-corrected chi connectivity index (χ3v) is 4.30. The molecule has 10 heteroatoms. The zero-order valence-corrected chi connectivity index (χ0v) is 14.5. The van der Waals surface area contributed by atoms with Gasteiger partial charge in [-0.2, -0.15) is 0 Å². The molecule has 0 spiro atoms. The van der Waals surface area contributed by atoms with Crippen molar-refractivity contribution in [2.24, 2.45) is 0 Å². The van der Waals surface area contributed by atoms with Crippen LogP contribution in [0.15, 0.2) is 24.3 Å². The van der Waals surface area contributed by atoms with Gasteiger partial charge < -0.3 is 30.5 Å². The molecule has 1 aliphatic rings. The van der Waals surface area contributed by atoms with E-state index in [4.69, 9.17) is 9.84 Å². The zero-order chi connectivity index (χ0) is 18.8. The highest BCUT2D eigenvalue weighted by Crippen LogP contribution is 2.32. The predicted octanol–water partition coefficient (Wildman–Crippen LogP) is -0.823. The van der Waals surface area contributed by atoms with Crippen molar-refractivity contribution in [2.75, 3.05) is 18.5 Å². The highest BCUT2D eigenvalue weighted by molar-refractivity contribution is 5.82. The van der Waals surface area contributed by atoms with Gasteiger partial charge >= 0.3 is 0 Å². The molecule has 0 aliphatic carbocycles. The van der Waals surface area contributed by atoms with E-state index < -0.39 is 31.1 Å². The lowest BCUT2D eigenvalue weighted by Gasteiger charge is -2.16. The molecule has 5 atom stereocenters. The van der Waals surface area contributed by atoms with Gasteiger partial charge in [-0.05, 0) is 13.8 Å². The number of aliphatic hydroxyl groups is 4. The molecule has 0 aromatic carbocycles. The number of aromatic nitrogens is 4. The number of nitrogens with one attached hydrogen (secondary N) is 1. The number of fused-ring (bicyclic) bond motifs is 1. The van der Waals surface area contributed by atoms with Crippen molar-refractivity contribution >= 4 is 17.0 Å². The average Bonchev–Trinajstić information content (AvgIpc) is 3.17. The number of rotatable bonds is 6. The molecule has 2 aromatic heterocycles. The predicted molar refractivity (Wildman–Crippen MR) is 92.3 cm³/mol. The maximum absolute atomic E-state index is 10.2. The summed E-state index contributed by atoms with van der Waals surface area (Å²) in [6, 6.07) is -0.0979. The van der Waals surface area contributed by atoms with E-state index in [2.05, 4.69) is 20.3 Å². The summed E-state index contributed by atoms with van der Waals surface area (Å²) in [7, 11) is 0. The van der Waals surface area contributed by atoms with Gasteiger partial charge in [0, 0.05) is 6.04 Å². The summed E-state index contributed by atoms with van der Waals surface area (Å²) >= 11 is 0. The van der Waals surface area contributed by atoms with Crippen LogP contribution in [0.5, 0.6) is 0 Å². The van der Waals surface area contributed by atoms with Gasteiger partial charge in [-0.1, -0.05) is 11.6 Å². The third kappa shape index (κ3) is 3.41.